The van der Waals surface area contributed by atoms with Gasteiger partial charge in [0.2, 0.25) is 5.82 Å². The Labute approximate surface area is 129 Å². The van der Waals surface area contributed by atoms with Crippen LogP contribution < -0.4 is 5.32 Å². The number of sulfone groups is 1. The van der Waals surface area contributed by atoms with Crippen LogP contribution in [-0.2, 0) is 9.84 Å². The van der Waals surface area contributed by atoms with E-state index >= 15 is 0 Å². The maximum Gasteiger partial charge on any atom is 0.206 e. The third-order valence-corrected chi connectivity index (χ3v) is 5.08. The van der Waals surface area contributed by atoms with Gasteiger partial charge in [0.15, 0.2) is 9.84 Å². The molecule has 1 saturated carbocycles. The van der Waals surface area contributed by atoms with E-state index in [0.717, 1.165) is 18.5 Å². The first-order chi connectivity index (χ1) is 10.5. The second-order valence-electron chi connectivity index (χ2n) is 5.69. The largest absolute Gasteiger partial charge is 0.382 e. The summed E-state index contributed by atoms with van der Waals surface area (Å²) in [5.41, 5.74) is 1.50. The molecule has 118 valence electrons. The van der Waals surface area contributed by atoms with Crippen LogP contribution in [0.2, 0.25) is 0 Å². The van der Waals surface area contributed by atoms with Crippen LogP contribution in [0.4, 0.5) is 5.69 Å². The molecule has 1 aliphatic rings. The van der Waals surface area contributed by atoms with Crippen molar-refractivity contribution in [1.29, 1.82) is 0 Å². The van der Waals surface area contributed by atoms with Crippen LogP contribution in [0.5, 0.6) is 0 Å². The lowest BCUT2D eigenvalue weighted by atomic mass is 9.95. The molecule has 1 heterocycles. The van der Waals surface area contributed by atoms with Crippen molar-refractivity contribution >= 4 is 15.5 Å². The van der Waals surface area contributed by atoms with Crippen LogP contribution in [0.1, 0.15) is 32.1 Å². The van der Waals surface area contributed by atoms with Gasteiger partial charge in [-0.05, 0) is 36.3 Å². The lowest BCUT2D eigenvalue weighted by molar-refractivity contribution is 0.463. The highest BCUT2D eigenvalue weighted by molar-refractivity contribution is 7.90. The second-order valence-corrected chi connectivity index (χ2v) is 7.71. The Morgan fingerprint density at radius 3 is 2.64 bits per heavy atom. The Hall–Kier alpha value is -1.96. The van der Waals surface area contributed by atoms with Crippen LogP contribution in [-0.4, -0.2) is 41.3 Å². The molecule has 7 nitrogen and oxygen atoms in total. The average Bonchev–Trinajstić information content (AvgIpc) is 3.01. The van der Waals surface area contributed by atoms with Gasteiger partial charge in [0.1, 0.15) is 0 Å². The van der Waals surface area contributed by atoms with E-state index in [-0.39, 0.29) is 4.90 Å². The van der Waals surface area contributed by atoms with E-state index in [1.54, 1.807) is 18.2 Å². The zero-order valence-electron chi connectivity index (χ0n) is 12.4. The number of H-pyrrole nitrogens is 1. The van der Waals surface area contributed by atoms with Crippen molar-refractivity contribution in [3.05, 3.63) is 18.2 Å². The Morgan fingerprint density at radius 2 is 2.00 bits per heavy atom. The first kappa shape index (κ1) is 15.0. The zero-order chi connectivity index (χ0) is 15.6. The highest BCUT2D eigenvalue weighted by Gasteiger charge is 2.18. The fourth-order valence-electron chi connectivity index (χ4n) is 2.81. The number of hydrogen-bond donors (Lipinski definition) is 2. The van der Waals surface area contributed by atoms with E-state index in [0.29, 0.717) is 17.4 Å². The van der Waals surface area contributed by atoms with E-state index in [2.05, 4.69) is 25.9 Å². The number of nitrogens with zero attached hydrogens (tertiary/aromatic N) is 3. The highest BCUT2D eigenvalue weighted by atomic mass is 32.2. The van der Waals surface area contributed by atoms with Gasteiger partial charge in [-0.2, -0.15) is 5.21 Å². The number of rotatable bonds is 4. The first-order valence-corrected chi connectivity index (χ1v) is 9.27. The van der Waals surface area contributed by atoms with Gasteiger partial charge in [-0.15, -0.1) is 10.2 Å². The van der Waals surface area contributed by atoms with Gasteiger partial charge in [-0.25, -0.2) is 8.42 Å². The van der Waals surface area contributed by atoms with Gasteiger partial charge in [0.25, 0.3) is 0 Å². The Kier molecular flexibility index (Phi) is 4.10. The lowest BCUT2D eigenvalue weighted by Crippen LogP contribution is -2.22. The molecule has 0 radical (unpaired) electrons. The monoisotopic (exact) mass is 321 g/mol. The summed E-state index contributed by atoms with van der Waals surface area (Å²) in [6.07, 6.45) is 7.16. The summed E-state index contributed by atoms with van der Waals surface area (Å²) in [5.74, 6) is 0.392. The minimum atomic E-state index is -3.28. The minimum absolute atomic E-state index is 0.251. The maximum atomic E-state index is 11.8. The number of tetrazole rings is 1. The van der Waals surface area contributed by atoms with E-state index in [4.69, 9.17) is 0 Å². The zero-order valence-corrected chi connectivity index (χ0v) is 13.2. The summed E-state index contributed by atoms with van der Waals surface area (Å²) < 4.78 is 23.5. The van der Waals surface area contributed by atoms with Crippen LogP contribution in [0.25, 0.3) is 11.4 Å². The van der Waals surface area contributed by atoms with Gasteiger partial charge < -0.3 is 5.32 Å². The van der Waals surface area contributed by atoms with Crippen LogP contribution in [0.15, 0.2) is 23.1 Å². The third kappa shape index (κ3) is 3.27. The molecule has 0 atom stereocenters. The molecule has 1 aromatic carbocycles. The van der Waals surface area contributed by atoms with E-state index in [1.807, 2.05) is 0 Å². The van der Waals surface area contributed by atoms with Crippen LogP contribution >= 0.6 is 0 Å². The standard InChI is InChI=1S/C14H19N5O2S/c1-22(20,21)11-7-8-13(15-10-5-3-2-4-6-10)12(9-11)14-16-18-19-17-14/h7-10,15H,2-6H2,1H3,(H,16,17,18,19). The molecule has 0 saturated heterocycles. The highest BCUT2D eigenvalue weighted by Crippen LogP contribution is 2.30. The molecular weight excluding hydrogens is 302 g/mol. The summed E-state index contributed by atoms with van der Waals surface area (Å²) in [5, 5.41) is 17.4. The number of nitrogens with one attached hydrogen (secondary N) is 2. The quantitative estimate of drug-likeness (QED) is 0.893. The van der Waals surface area contributed by atoms with Gasteiger partial charge in [0, 0.05) is 23.5 Å². The molecule has 8 heteroatoms. The van der Waals surface area contributed by atoms with Crippen molar-refractivity contribution in [1.82, 2.24) is 20.6 Å². The Bertz CT molecular complexity index is 737. The Morgan fingerprint density at radius 1 is 1.23 bits per heavy atom. The molecule has 1 fully saturated rings. The number of hydrogen-bond acceptors (Lipinski definition) is 6. The topological polar surface area (TPSA) is 101 Å². The molecule has 0 amide bonds. The summed E-state index contributed by atoms with van der Waals surface area (Å²) in [6.45, 7) is 0. The van der Waals surface area contributed by atoms with Crippen LogP contribution in [0.3, 0.4) is 0 Å². The van der Waals surface area contributed by atoms with Crippen molar-refractivity contribution in [3.8, 4) is 11.4 Å². The molecule has 2 aromatic rings. The summed E-state index contributed by atoms with van der Waals surface area (Å²) in [4.78, 5) is 0.251. The van der Waals surface area contributed by atoms with Crippen molar-refractivity contribution < 1.29 is 8.42 Å². The number of aromatic amines is 1. The molecule has 1 aliphatic carbocycles. The molecular formula is C14H19N5O2S. The van der Waals surface area contributed by atoms with E-state index in [1.165, 1.54) is 25.5 Å². The lowest BCUT2D eigenvalue weighted by Gasteiger charge is -2.25. The van der Waals surface area contributed by atoms with Crippen molar-refractivity contribution in [3.63, 3.8) is 0 Å². The number of anilines is 1. The van der Waals surface area contributed by atoms with Crippen LogP contribution in [0, 0.1) is 0 Å². The van der Waals surface area contributed by atoms with Crippen molar-refractivity contribution in [2.45, 2.75) is 43.0 Å². The van der Waals surface area contributed by atoms with Gasteiger partial charge in [-0.3, -0.25) is 0 Å². The molecule has 0 unspecified atom stereocenters. The third-order valence-electron chi connectivity index (χ3n) is 3.97. The fraction of sp³-hybridized carbons (Fsp3) is 0.500. The SMILES string of the molecule is CS(=O)(=O)c1ccc(NC2CCCCC2)c(-c2nn[nH]n2)c1. The van der Waals surface area contributed by atoms with Gasteiger partial charge in [0.05, 0.1) is 4.90 Å². The molecule has 3 rings (SSSR count). The van der Waals surface area contributed by atoms with Crippen molar-refractivity contribution in [2.24, 2.45) is 0 Å². The molecule has 0 spiro atoms. The number of benzene rings is 1. The fourth-order valence-corrected chi connectivity index (χ4v) is 3.45. The van der Waals surface area contributed by atoms with Gasteiger partial charge in [-0.1, -0.05) is 19.3 Å². The molecule has 2 N–H and O–H groups in total. The number of aromatic nitrogens is 4. The molecule has 1 aromatic heterocycles. The first-order valence-electron chi connectivity index (χ1n) is 7.38. The average molecular weight is 321 g/mol. The van der Waals surface area contributed by atoms with E-state index < -0.39 is 9.84 Å². The minimum Gasteiger partial charge on any atom is -0.382 e. The Balaban J connectivity index is 1.98. The summed E-state index contributed by atoms with van der Waals surface area (Å²) in [6, 6.07) is 5.41. The summed E-state index contributed by atoms with van der Waals surface area (Å²) >= 11 is 0. The summed E-state index contributed by atoms with van der Waals surface area (Å²) in [7, 11) is -3.28. The van der Waals surface area contributed by atoms with Gasteiger partial charge >= 0.3 is 0 Å². The predicted octanol–water partition coefficient (Wildman–Crippen LogP) is 2.01. The molecule has 0 bridgehead atoms. The molecule has 22 heavy (non-hydrogen) atoms. The predicted molar refractivity (Wildman–Crippen MR) is 83.2 cm³/mol. The second kappa shape index (κ2) is 6.04. The van der Waals surface area contributed by atoms with Crippen molar-refractivity contribution in [2.75, 3.05) is 11.6 Å². The smallest absolute Gasteiger partial charge is 0.206 e. The molecule has 0 aliphatic heterocycles. The maximum absolute atomic E-state index is 11.8. The van der Waals surface area contributed by atoms with E-state index in [9.17, 15) is 8.42 Å². The normalized spacial score (nSPS) is 16.6.